The van der Waals surface area contributed by atoms with Crippen LogP contribution in [0.2, 0.25) is 0 Å². The van der Waals surface area contributed by atoms with E-state index in [0.717, 1.165) is 23.6 Å². The monoisotopic (exact) mass is 418 g/mol. The zero-order valence-electron chi connectivity index (χ0n) is 17.7. The fourth-order valence-corrected chi connectivity index (χ4v) is 6.35. The molecule has 0 aliphatic heterocycles. The van der Waals surface area contributed by atoms with Crippen molar-refractivity contribution in [1.82, 2.24) is 9.97 Å². The highest BCUT2D eigenvalue weighted by atomic mass is 16.3. The third-order valence-corrected chi connectivity index (χ3v) is 7.67. The van der Waals surface area contributed by atoms with Gasteiger partial charge in [-0.05, 0) is 66.4 Å². The molecule has 1 aromatic heterocycles. The van der Waals surface area contributed by atoms with Crippen LogP contribution in [0, 0.1) is 34.5 Å². The molecular formula is C24H30N6O. The predicted molar refractivity (Wildman–Crippen MR) is 119 cm³/mol. The van der Waals surface area contributed by atoms with Gasteiger partial charge in [0.25, 0.3) is 0 Å². The van der Waals surface area contributed by atoms with Crippen molar-refractivity contribution in [3.63, 3.8) is 0 Å². The van der Waals surface area contributed by atoms with E-state index in [0.29, 0.717) is 41.8 Å². The fourth-order valence-electron chi connectivity index (χ4n) is 6.35. The number of hydrogen-bond donors (Lipinski definition) is 4. The average molecular weight is 419 g/mol. The molecule has 162 valence electrons. The molecule has 4 saturated carbocycles. The Kier molecular flexibility index (Phi) is 5.28. The van der Waals surface area contributed by atoms with Crippen LogP contribution in [-0.4, -0.2) is 27.7 Å². The van der Waals surface area contributed by atoms with Crippen LogP contribution in [0.1, 0.15) is 48.8 Å². The Hall–Kier alpha value is -2.69. The molecule has 0 amide bonds. The molecule has 5 N–H and O–H groups in total. The quantitative estimate of drug-likeness (QED) is 0.545. The van der Waals surface area contributed by atoms with Gasteiger partial charge in [0.1, 0.15) is 17.5 Å². The summed E-state index contributed by atoms with van der Waals surface area (Å²) in [6, 6.07) is 10.3. The molecule has 4 fully saturated rings. The molecule has 2 atom stereocenters. The SMILES string of the molecule is N#Cc1cnc(NCc2ccc(CO)cc2)nc1NCC12CC3CC(C1)C(N)C(C3)C2. The number of nitrogens with zero attached hydrogens (tertiary/aromatic N) is 3. The molecule has 2 unspecified atom stereocenters. The molecule has 0 spiro atoms. The van der Waals surface area contributed by atoms with Crippen molar-refractivity contribution in [1.29, 1.82) is 5.26 Å². The van der Waals surface area contributed by atoms with Crippen molar-refractivity contribution < 1.29 is 5.11 Å². The summed E-state index contributed by atoms with van der Waals surface area (Å²) in [4.78, 5) is 8.91. The Morgan fingerprint density at radius 2 is 1.81 bits per heavy atom. The molecule has 4 aliphatic rings. The molecule has 7 nitrogen and oxygen atoms in total. The van der Waals surface area contributed by atoms with E-state index in [1.165, 1.54) is 32.1 Å². The largest absolute Gasteiger partial charge is 0.392 e. The van der Waals surface area contributed by atoms with Crippen molar-refractivity contribution in [2.24, 2.45) is 28.9 Å². The summed E-state index contributed by atoms with van der Waals surface area (Å²) < 4.78 is 0. The number of nitrogens with one attached hydrogen (secondary N) is 2. The van der Waals surface area contributed by atoms with Gasteiger partial charge in [-0.25, -0.2) is 4.98 Å². The molecular weight excluding hydrogens is 388 g/mol. The summed E-state index contributed by atoms with van der Waals surface area (Å²) in [7, 11) is 0. The van der Waals surface area contributed by atoms with Crippen molar-refractivity contribution in [2.45, 2.75) is 51.3 Å². The van der Waals surface area contributed by atoms with E-state index in [-0.39, 0.29) is 12.0 Å². The van der Waals surface area contributed by atoms with Crippen LogP contribution in [0.3, 0.4) is 0 Å². The van der Waals surface area contributed by atoms with Gasteiger partial charge < -0.3 is 21.5 Å². The Morgan fingerprint density at radius 3 is 2.48 bits per heavy atom. The van der Waals surface area contributed by atoms with Gasteiger partial charge in [0, 0.05) is 19.1 Å². The van der Waals surface area contributed by atoms with Crippen molar-refractivity contribution in [2.75, 3.05) is 17.2 Å². The summed E-state index contributed by atoms with van der Waals surface area (Å²) in [5, 5.41) is 25.5. The average Bonchev–Trinajstić information content (AvgIpc) is 2.79. The maximum atomic E-state index is 9.53. The zero-order chi connectivity index (χ0) is 21.4. The lowest BCUT2D eigenvalue weighted by Crippen LogP contribution is -2.58. The Bertz CT molecular complexity index is 969. The zero-order valence-corrected chi connectivity index (χ0v) is 17.7. The second-order valence-corrected chi connectivity index (χ2v) is 9.80. The van der Waals surface area contributed by atoms with E-state index >= 15 is 0 Å². The summed E-state index contributed by atoms with van der Waals surface area (Å²) in [6.45, 7) is 1.46. The topological polar surface area (TPSA) is 120 Å². The fraction of sp³-hybridized carbons (Fsp3) is 0.542. The van der Waals surface area contributed by atoms with Gasteiger partial charge >= 0.3 is 0 Å². The number of benzene rings is 1. The van der Waals surface area contributed by atoms with Crippen LogP contribution < -0.4 is 16.4 Å². The van der Waals surface area contributed by atoms with Crippen LogP contribution in [0.4, 0.5) is 11.8 Å². The van der Waals surface area contributed by atoms with E-state index < -0.39 is 0 Å². The Balaban J connectivity index is 1.26. The number of rotatable bonds is 7. The first-order chi connectivity index (χ1) is 15.1. The van der Waals surface area contributed by atoms with Crippen LogP contribution in [0.15, 0.2) is 30.5 Å². The highest BCUT2D eigenvalue weighted by Gasteiger charge is 2.54. The molecule has 0 radical (unpaired) electrons. The van der Waals surface area contributed by atoms with Crippen LogP contribution in [0.25, 0.3) is 0 Å². The summed E-state index contributed by atoms with van der Waals surface area (Å²) in [5.74, 6) is 3.23. The maximum absolute atomic E-state index is 9.53. The number of nitriles is 1. The molecule has 31 heavy (non-hydrogen) atoms. The van der Waals surface area contributed by atoms with Crippen molar-refractivity contribution in [3.05, 3.63) is 47.2 Å². The molecule has 2 aromatic rings. The number of nitrogens with two attached hydrogens (primary N) is 1. The third-order valence-electron chi connectivity index (χ3n) is 7.67. The second kappa shape index (κ2) is 8.10. The normalized spacial score (nSPS) is 30.7. The minimum absolute atomic E-state index is 0.0388. The molecule has 4 aliphatic carbocycles. The van der Waals surface area contributed by atoms with E-state index in [4.69, 9.17) is 10.8 Å². The number of aliphatic hydroxyl groups excluding tert-OH is 1. The van der Waals surface area contributed by atoms with Crippen molar-refractivity contribution >= 4 is 11.8 Å². The van der Waals surface area contributed by atoms with E-state index in [1.54, 1.807) is 6.20 Å². The van der Waals surface area contributed by atoms with Gasteiger partial charge in [0.05, 0.1) is 12.8 Å². The van der Waals surface area contributed by atoms with Gasteiger partial charge in [-0.2, -0.15) is 10.2 Å². The van der Waals surface area contributed by atoms with Crippen LogP contribution >= 0.6 is 0 Å². The minimum atomic E-state index is 0.0388. The van der Waals surface area contributed by atoms with Crippen LogP contribution in [0.5, 0.6) is 0 Å². The molecule has 1 heterocycles. The van der Waals surface area contributed by atoms with E-state index in [9.17, 15) is 5.26 Å². The van der Waals surface area contributed by atoms with Gasteiger partial charge in [-0.3, -0.25) is 0 Å². The van der Waals surface area contributed by atoms with Gasteiger partial charge in [-0.1, -0.05) is 24.3 Å². The van der Waals surface area contributed by atoms with Crippen molar-refractivity contribution in [3.8, 4) is 6.07 Å². The Labute approximate surface area is 183 Å². The smallest absolute Gasteiger partial charge is 0.224 e. The highest BCUT2D eigenvalue weighted by Crippen LogP contribution is 2.59. The van der Waals surface area contributed by atoms with Gasteiger partial charge in [-0.15, -0.1) is 0 Å². The third kappa shape index (κ3) is 3.98. The first kappa shape index (κ1) is 20.2. The number of anilines is 2. The van der Waals surface area contributed by atoms with Gasteiger partial charge in [0.15, 0.2) is 0 Å². The predicted octanol–water partition coefficient (Wildman–Crippen LogP) is 3.02. The molecule has 7 heteroatoms. The van der Waals surface area contributed by atoms with E-state index in [1.807, 2.05) is 24.3 Å². The standard InChI is InChI=1S/C24H30N6O/c25-10-20-12-28-23(27-11-15-1-3-16(13-31)4-2-15)30-22(20)29-14-24-7-17-5-18(8-24)21(26)19(6-17)9-24/h1-4,12,17-19,21,31H,5-9,11,13-14,26H2,(H2,27,28,29,30). The lowest BCUT2D eigenvalue weighted by molar-refractivity contribution is -0.0591. The molecule has 4 bridgehead atoms. The lowest BCUT2D eigenvalue weighted by atomic mass is 9.48. The molecule has 1 aromatic carbocycles. The van der Waals surface area contributed by atoms with Gasteiger partial charge in [0.2, 0.25) is 5.95 Å². The summed E-state index contributed by atoms with van der Waals surface area (Å²) in [5.41, 5.74) is 9.21. The number of hydrogen-bond acceptors (Lipinski definition) is 7. The Morgan fingerprint density at radius 1 is 1.10 bits per heavy atom. The summed E-state index contributed by atoms with van der Waals surface area (Å²) >= 11 is 0. The maximum Gasteiger partial charge on any atom is 0.224 e. The number of aromatic nitrogens is 2. The second-order valence-electron chi connectivity index (χ2n) is 9.80. The first-order valence-corrected chi connectivity index (χ1v) is 11.3. The minimum Gasteiger partial charge on any atom is -0.392 e. The van der Waals surface area contributed by atoms with E-state index in [2.05, 4.69) is 26.7 Å². The molecule has 6 rings (SSSR count). The first-order valence-electron chi connectivity index (χ1n) is 11.3. The summed E-state index contributed by atoms with van der Waals surface area (Å²) in [6.07, 6.45) is 7.82. The molecule has 0 saturated heterocycles. The highest BCUT2D eigenvalue weighted by molar-refractivity contribution is 5.53. The lowest BCUT2D eigenvalue weighted by Gasteiger charge is -2.59. The van der Waals surface area contributed by atoms with Crippen LogP contribution in [-0.2, 0) is 13.2 Å². The number of aliphatic hydroxyl groups is 1.